The molecule has 0 bridgehead atoms. The van der Waals surface area contributed by atoms with Gasteiger partial charge in [-0.25, -0.2) is 9.97 Å². The number of hydrogen-bond donors (Lipinski definition) is 1. The molecule has 1 saturated carbocycles. The molecule has 3 fully saturated rings. The first-order valence-electron chi connectivity index (χ1n) is 9.92. The van der Waals surface area contributed by atoms with Gasteiger partial charge >= 0.3 is 0 Å². The van der Waals surface area contributed by atoms with Crippen molar-refractivity contribution < 1.29 is 9.53 Å². The maximum absolute atomic E-state index is 12.9. The Kier molecular flexibility index (Phi) is 4.23. The molecule has 8 heteroatoms. The Morgan fingerprint density at radius 1 is 1.00 bits per heavy atom. The van der Waals surface area contributed by atoms with Crippen molar-refractivity contribution in [1.82, 2.24) is 24.8 Å². The number of aromatic nitrogens is 4. The standard InChI is InChI=1S/C20H24N6O2/c27-17(26-8-3-19(14-26)4-9-28-10-5-19)15-11-23-18(24-12-15)25-20(1-2-20)16-13-21-6-7-22-16/h6-7,11-13H,1-5,8-10,14H2,(H,23,24,25). The van der Waals surface area contributed by atoms with E-state index in [-0.39, 0.29) is 16.9 Å². The zero-order valence-electron chi connectivity index (χ0n) is 15.8. The van der Waals surface area contributed by atoms with Gasteiger partial charge in [0.25, 0.3) is 5.91 Å². The lowest BCUT2D eigenvalue weighted by molar-refractivity contribution is 0.0191. The van der Waals surface area contributed by atoms with Crippen molar-refractivity contribution in [2.45, 2.75) is 37.6 Å². The maximum Gasteiger partial charge on any atom is 0.257 e. The van der Waals surface area contributed by atoms with Crippen LogP contribution in [0.1, 0.15) is 48.2 Å². The molecule has 28 heavy (non-hydrogen) atoms. The second-order valence-electron chi connectivity index (χ2n) is 8.18. The first kappa shape index (κ1) is 17.5. The Bertz CT molecular complexity index is 847. The molecule has 4 heterocycles. The summed E-state index contributed by atoms with van der Waals surface area (Å²) < 4.78 is 5.49. The van der Waals surface area contributed by atoms with Crippen LogP contribution in [0, 0.1) is 5.41 Å². The van der Waals surface area contributed by atoms with E-state index in [9.17, 15) is 4.79 Å². The lowest BCUT2D eigenvalue weighted by Crippen LogP contribution is -2.35. The van der Waals surface area contributed by atoms with E-state index in [1.807, 2.05) is 4.90 Å². The second-order valence-corrected chi connectivity index (χ2v) is 8.18. The smallest absolute Gasteiger partial charge is 0.257 e. The van der Waals surface area contributed by atoms with Gasteiger partial charge < -0.3 is 15.0 Å². The normalized spacial score (nSPS) is 22.2. The molecule has 2 aliphatic heterocycles. The lowest BCUT2D eigenvalue weighted by Gasteiger charge is -2.33. The summed E-state index contributed by atoms with van der Waals surface area (Å²) in [5.74, 6) is 0.534. The Labute approximate surface area is 163 Å². The molecule has 2 saturated heterocycles. The number of carbonyl (C=O) groups is 1. The van der Waals surface area contributed by atoms with Gasteiger partial charge in [-0.15, -0.1) is 0 Å². The maximum atomic E-state index is 12.9. The summed E-state index contributed by atoms with van der Waals surface area (Å²) in [5, 5.41) is 3.36. The number of rotatable bonds is 4. The minimum Gasteiger partial charge on any atom is -0.381 e. The number of nitrogens with zero attached hydrogens (tertiary/aromatic N) is 5. The summed E-state index contributed by atoms with van der Waals surface area (Å²) in [5.41, 5.74) is 1.45. The quantitative estimate of drug-likeness (QED) is 0.867. The van der Waals surface area contributed by atoms with Crippen LogP contribution >= 0.6 is 0 Å². The topological polar surface area (TPSA) is 93.1 Å². The summed E-state index contributed by atoms with van der Waals surface area (Å²) in [6.07, 6.45) is 13.5. The molecule has 0 aromatic carbocycles. The van der Waals surface area contributed by atoms with Gasteiger partial charge in [-0.1, -0.05) is 0 Å². The van der Waals surface area contributed by atoms with Crippen LogP contribution in [-0.2, 0) is 10.3 Å². The predicted molar refractivity (Wildman–Crippen MR) is 102 cm³/mol. The molecule has 1 amide bonds. The highest BCUT2D eigenvalue weighted by molar-refractivity contribution is 5.94. The van der Waals surface area contributed by atoms with Crippen LogP contribution in [0.2, 0.25) is 0 Å². The minimum atomic E-state index is -0.232. The minimum absolute atomic E-state index is 0.0185. The van der Waals surface area contributed by atoms with Crippen molar-refractivity contribution in [1.29, 1.82) is 0 Å². The monoisotopic (exact) mass is 380 g/mol. The average molecular weight is 380 g/mol. The molecule has 5 rings (SSSR count). The van der Waals surface area contributed by atoms with Gasteiger partial charge in [0.2, 0.25) is 5.95 Å². The van der Waals surface area contributed by atoms with Gasteiger partial charge in [0.05, 0.1) is 23.0 Å². The van der Waals surface area contributed by atoms with Gasteiger partial charge in [-0.3, -0.25) is 14.8 Å². The van der Waals surface area contributed by atoms with Crippen molar-refractivity contribution in [3.05, 3.63) is 42.2 Å². The fraction of sp³-hybridized carbons (Fsp3) is 0.550. The van der Waals surface area contributed by atoms with Crippen LogP contribution in [0.4, 0.5) is 5.95 Å². The zero-order chi connectivity index (χ0) is 19.0. The number of anilines is 1. The molecule has 146 valence electrons. The first-order chi connectivity index (χ1) is 13.7. The molecule has 1 N–H and O–H groups in total. The van der Waals surface area contributed by atoms with E-state index >= 15 is 0 Å². The Balaban J connectivity index is 1.25. The Morgan fingerprint density at radius 2 is 1.79 bits per heavy atom. The molecule has 2 aromatic heterocycles. The molecule has 0 atom stereocenters. The molecule has 1 spiro atoms. The summed E-state index contributed by atoms with van der Waals surface area (Å²) in [4.78, 5) is 32.1. The SMILES string of the molecule is O=C(c1cnc(NC2(c3cnccn3)CC2)nc1)N1CCC2(CCOCC2)C1. The van der Waals surface area contributed by atoms with Gasteiger partial charge in [0.15, 0.2) is 0 Å². The van der Waals surface area contributed by atoms with Gasteiger partial charge in [0.1, 0.15) is 0 Å². The van der Waals surface area contributed by atoms with Crippen molar-refractivity contribution in [2.24, 2.45) is 5.41 Å². The summed E-state index contributed by atoms with van der Waals surface area (Å²) >= 11 is 0. The first-order valence-corrected chi connectivity index (χ1v) is 9.92. The van der Waals surface area contributed by atoms with Crippen LogP contribution in [0.5, 0.6) is 0 Å². The van der Waals surface area contributed by atoms with E-state index in [1.54, 1.807) is 31.0 Å². The van der Waals surface area contributed by atoms with E-state index in [2.05, 4.69) is 25.3 Å². The largest absolute Gasteiger partial charge is 0.381 e. The van der Waals surface area contributed by atoms with Gasteiger partial charge in [-0.05, 0) is 37.5 Å². The molecule has 8 nitrogen and oxygen atoms in total. The summed E-state index contributed by atoms with van der Waals surface area (Å²) in [7, 11) is 0. The number of amides is 1. The van der Waals surface area contributed by atoms with Gasteiger partial charge in [-0.2, -0.15) is 0 Å². The second kappa shape index (κ2) is 6.77. The summed E-state index contributed by atoms with van der Waals surface area (Å²) in [6, 6.07) is 0. The molecule has 1 aliphatic carbocycles. The predicted octanol–water partition coefficient (Wildman–Crippen LogP) is 2.01. The third-order valence-corrected chi connectivity index (χ3v) is 6.33. The molecule has 2 aromatic rings. The van der Waals surface area contributed by atoms with E-state index in [4.69, 9.17) is 4.74 Å². The van der Waals surface area contributed by atoms with Crippen molar-refractivity contribution in [3.8, 4) is 0 Å². The van der Waals surface area contributed by atoms with Crippen molar-refractivity contribution >= 4 is 11.9 Å². The number of hydrogen-bond acceptors (Lipinski definition) is 7. The van der Waals surface area contributed by atoms with Crippen molar-refractivity contribution in [2.75, 3.05) is 31.6 Å². The fourth-order valence-electron chi connectivity index (χ4n) is 4.34. The van der Waals surface area contributed by atoms with E-state index in [1.165, 1.54) is 0 Å². The molecular weight excluding hydrogens is 356 g/mol. The average Bonchev–Trinajstić information content (AvgIpc) is 3.43. The van der Waals surface area contributed by atoms with Crippen LogP contribution in [0.3, 0.4) is 0 Å². The van der Waals surface area contributed by atoms with Crippen molar-refractivity contribution in [3.63, 3.8) is 0 Å². The molecule has 0 unspecified atom stereocenters. The van der Waals surface area contributed by atoms with Gasteiger partial charge in [0, 0.05) is 51.1 Å². The van der Waals surface area contributed by atoms with Crippen LogP contribution in [0.15, 0.2) is 31.0 Å². The number of nitrogens with one attached hydrogen (secondary N) is 1. The molecular formula is C20H24N6O2. The molecule has 3 aliphatic rings. The fourth-order valence-corrected chi connectivity index (χ4v) is 4.34. The number of carbonyl (C=O) groups excluding carboxylic acids is 1. The Hall–Kier alpha value is -2.61. The summed E-state index contributed by atoms with van der Waals surface area (Å²) in [6.45, 7) is 3.22. The third kappa shape index (κ3) is 3.22. The Morgan fingerprint density at radius 3 is 2.46 bits per heavy atom. The highest BCUT2D eigenvalue weighted by Gasteiger charge is 2.46. The van der Waals surface area contributed by atoms with Crippen LogP contribution in [0.25, 0.3) is 0 Å². The number of ether oxygens (including phenoxy) is 1. The number of likely N-dealkylation sites (tertiary alicyclic amines) is 1. The third-order valence-electron chi connectivity index (χ3n) is 6.33. The van der Waals surface area contributed by atoms with Crippen LogP contribution in [-0.4, -0.2) is 57.0 Å². The highest BCUT2D eigenvalue weighted by Crippen LogP contribution is 2.46. The zero-order valence-corrected chi connectivity index (χ0v) is 15.8. The molecule has 0 radical (unpaired) electrons. The van der Waals surface area contributed by atoms with E-state index in [0.29, 0.717) is 11.5 Å². The van der Waals surface area contributed by atoms with Crippen LogP contribution < -0.4 is 5.32 Å². The van der Waals surface area contributed by atoms with E-state index in [0.717, 1.165) is 64.1 Å². The van der Waals surface area contributed by atoms with E-state index < -0.39 is 0 Å². The lowest BCUT2D eigenvalue weighted by atomic mass is 9.80. The highest BCUT2D eigenvalue weighted by atomic mass is 16.5.